The van der Waals surface area contributed by atoms with Crippen molar-refractivity contribution in [2.75, 3.05) is 26.9 Å². The summed E-state index contributed by atoms with van der Waals surface area (Å²) in [6.45, 7) is 0.829. The van der Waals surface area contributed by atoms with Gasteiger partial charge in [-0.25, -0.2) is 0 Å². The van der Waals surface area contributed by atoms with Gasteiger partial charge in [0, 0.05) is 41.6 Å². The predicted octanol–water partition coefficient (Wildman–Crippen LogP) is 4.82. The highest BCUT2D eigenvalue weighted by Gasteiger charge is 2.24. The van der Waals surface area contributed by atoms with Crippen LogP contribution in [-0.4, -0.2) is 42.6 Å². The van der Waals surface area contributed by atoms with Crippen LogP contribution in [0, 0.1) is 0 Å². The number of amides is 1. The van der Waals surface area contributed by atoms with E-state index in [4.69, 9.17) is 0 Å². The molecule has 1 unspecified atom stereocenters. The van der Waals surface area contributed by atoms with Gasteiger partial charge in [-0.1, -0.05) is 28.1 Å². The van der Waals surface area contributed by atoms with E-state index in [9.17, 15) is 4.79 Å². The molecule has 2 aromatic rings. The Kier molecular flexibility index (Phi) is 5.87. The van der Waals surface area contributed by atoms with E-state index in [1.807, 2.05) is 30.0 Å². The smallest absolute Gasteiger partial charge is 0.253 e. The lowest BCUT2D eigenvalue weighted by Crippen LogP contribution is -2.27. The molecule has 1 atom stereocenters. The number of thioether (sulfide) groups is 1. The Labute approximate surface area is 162 Å². The zero-order valence-corrected chi connectivity index (χ0v) is 17.2. The average molecular weight is 419 g/mol. The SMILES string of the molecule is CN(C)C(=O)c1cccc(CN(C)C2CCSc3ccc(Br)cc32)c1. The quantitative estimate of drug-likeness (QED) is 0.710. The lowest BCUT2D eigenvalue weighted by molar-refractivity contribution is 0.0827. The molecule has 3 rings (SSSR count). The number of carbonyl (C=O) groups is 1. The summed E-state index contributed by atoms with van der Waals surface area (Å²) in [6.07, 6.45) is 1.14. The molecule has 132 valence electrons. The van der Waals surface area contributed by atoms with Gasteiger partial charge >= 0.3 is 0 Å². The Hall–Kier alpha value is -1.30. The highest BCUT2D eigenvalue weighted by Crippen LogP contribution is 2.40. The molecule has 1 aliphatic rings. The van der Waals surface area contributed by atoms with Crippen molar-refractivity contribution in [2.24, 2.45) is 0 Å². The van der Waals surface area contributed by atoms with Crippen LogP contribution >= 0.6 is 27.7 Å². The number of hydrogen-bond acceptors (Lipinski definition) is 3. The van der Waals surface area contributed by atoms with Crippen LogP contribution in [0.5, 0.6) is 0 Å². The third-order valence-electron chi connectivity index (χ3n) is 4.52. The van der Waals surface area contributed by atoms with E-state index in [1.165, 1.54) is 16.0 Å². The first-order chi connectivity index (χ1) is 12.0. The summed E-state index contributed by atoms with van der Waals surface area (Å²) in [4.78, 5) is 17.6. The van der Waals surface area contributed by atoms with Crippen molar-refractivity contribution in [3.63, 3.8) is 0 Å². The minimum absolute atomic E-state index is 0.0489. The predicted molar refractivity (Wildman–Crippen MR) is 108 cm³/mol. The van der Waals surface area contributed by atoms with Gasteiger partial charge in [-0.15, -0.1) is 11.8 Å². The maximum absolute atomic E-state index is 12.2. The van der Waals surface area contributed by atoms with Crippen molar-refractivity contribution >= 4 is 33.6 Å². The Morgan fingerprint density at radius 3 is 2.76 bits per heavy atom. The van der Waals surface area contributed by atoms with Gasteiger partial charge in [-0.05, 0) is 60.7 Å². The van der Waals surface area contributed by atoms with Crippen molar-refractivity contribution < 1.29 is 4.79 Å². The fourth-order valence-electron chi connectivity index (χ4n) is 3.26. The molecule has 0 saturated carbocycles. The maximum Gasteiger partial charge on any atom is 0.253 e. The van der Waals surface area contributed by atoms with E-state index in [1.54, 1.807) is 19.0 Å². The van der Waals surface area contributed by atoms with Crippen molar-refractivity contribution in [3.8, 4) is 0 Å². The zero-order valence-electron chi connectivity index (χ0n) is 14.8. The van der Waals surface area contributed by atoms with Gasteiger partial charge in [0.25, 0.3) is 5.91 Å². The molecule has 0 spiro atoms. The van der Waals surface area contributed by atoms with Gasteiger partial charge in [0.1, 0.15) is 0 Å². The molecule has 2 aromatic carbocycles. The summed E-state index contributed by atoms with van der Waals surface area (Å²) in [5.41, 5.74) is 3.32. The van der Waals surface area contributed by atoms with Gasteiger partial charge < -0.3 is 4.90 Å². The molecule has 1 aliphatic heterocycles. The lowest BCUT2D eigenvalue weighted by atomic mass is 10.0. The van der Waals surface area contributed by atoms with Crippen LogP contribution in [0.2, 0.25) is 0 Å². The van der Waals surface area contributed by atoms with E-state index < -0.39 is 0 Å². The summed E-state index contributed by atoms with van der Waals surface area (Å²) >= 11 is 5.54. The van der Waals surface area contributed by atoms with Gasteiger partial charge in [-0.2, -0.15) is 0 Å². The third kappa shape index (κ3) is 4.27. The van der Waals surface area contributed by atoms with E-state index >= 15 is 0 Å². The first-order valence-corrected chi connectivity index (χ1v) is 10.2. The molecule has 0 bridgehead atoms. The first kappa shape index (κ1) is 18.5. The summed E-state index contributed by atoms with van der Waals surface area (Å²) in [5.74, 6) is 1.19. The van der Waals surface area contributed by atoms with Crippen LogP contribution in [0.1, 0.15) is 33.9 Å². The average Bonchev–Trinajstić information content (AvgIpc) is 2.60. The van der Waals surface area contributed by atoms with Crippen LogP contribution in [0.25, 0.3) is 0 Å². The number of hydrogen-bond donors (Lipinski definition) is 0. The van der Waals surface area contributed by atoms with E-state index in [2.05, 4.69) is 52.1 Å². The molecule has 0 N–H and O–H groups in total. The fraction of sp³-hybridized carbons (Fsp3) is 0.350. The fourth-order valence-corrected chi connectivity index (χ4v) is 4.73. The number of nitrogens with zero attached hydrogens (tertiary/aromatic N) is 2. The second-order valence-corrected chi connectivity index (χ2v) is 8.70. The summed E-state index contributed by atoms with van der Waals surface area (Å²) in [6, 6.07) is 14.9. The van der Waals surface area contributed by atoms with Crippen LogP contribution in [0.15, 0.2) is 51.8 Å². The molecular formula is C20H23BrN2OS. The molecule has 5 heteroatoms. The number of rotatable bonds is 4. The zero-order chi connectivity index (χ0) is 18.0. The molecule has 0 saturated heterocycles. The van der Waals surface area contributed by atoms with Gasteiger partial charge in [-0.3, -0.25) is 9.69 Å². The van der Waals surface area contributed by atoms with E-state index in [-0.39, 0.29) is 5.91 Å². The second-order valence-electron chi connectivity index (χ2n) is 6.65. The van der Waals surface area contributed by atoms with E-state index in [0.717, 1.165) is 28.8 Å². The summed E-state index contributed by atoms with van der Waals surface area (Å²) < 4.78 is 1.13. The molecule has 25 heavy (non-hydrogen) atoms. The minimum Gasteiger partial charge on any atom is -0.345 e. The molecule has 0 fully saturated rings. The largest absolute Gasteiger partial charge is 0.345 e. The number of benzene rings is 2. The van der Waals surface area contributed by atoms with Crippen molar-refractivity contribution in [2.45, 2.75) is 23.9 Å². The van der Waals surface area contributed by atoms with Crippen LogP contribution in [-0.2, 0) is 6.54 Å². The molecule has 0 aliphatic carbocycles. The molecule has 1 amide bonds. The van der Waals surface area contributed by atoms with Crippen LogP contribution in [0.3, 0.4) is 0 Å². The van der Waals surface area contributed by atoms with Gasteiger partial charge in [0.15, 0.2) is 0 Å². The Balaban J connectivity index is 1.80. The van der Waals surface area contributed by atoms with Crippen molar-refractivity contribution in [3.05, 3.63) is 63.6 Å². The molecule has 0 radical (unpaired) electrons. The molecule has 3 nitrogen and oxygen atoms in total. The lowest BCUT2D eigenvalue weighted by Gasteiger charge is -2.33. The van der Waals surface area contributed by atoms with E-state index in [0.29, 0.717) is 6.04 Å². The Morgan fingerprint density at radius 2 is 2.00 bits per heavy atom. The first-order valence-electron chi connectivity index (χ1n) is 8.39. The van der Waals surface area contributed by atoms with Crippen LogP contribution in [0.4, 0.5) is 0 Å². The topological polar surface area (TPSA) is 23.6 Å². The Bertz CT molecular complexity index is 778. The number of fused-ring (bicyclic) bond motifs is 1. The summed E-state index contributed by atoms with van der Waals surface area (Å²) in [7, 11) is 5.75. The molecule has 0 aromatic heterocycles. The highest BCUT2D eigenvalue weighted by molar-refractivity contribution is 9.10. The maximum atomic E-state index is 12.2. The molecule has 1 heterocycles. The molecular weight excluding hydrogens is 396 g/mol. The summed E-state index contributed by atoms with van der Waals surface area (Å²) in [5, 5.41) is 0. The monoisotopic (exact) mass is 418 g/mol. The standard InChI is InChI=1S/C20H23BrN2OS/c1-22(2)20(24)15-6-4-5-14(11-15)13-23(3)18-9-10-25-19-8-7-16(21)12-17(18)19/h4-8,11-12,18H,9-10,13H2,1-3H3. The van der Waals surface area contributed by atoms with Crippen LogP contribution < -0.4 is 0 Å². The Morgan fingerprint density at radius 1 is 1.20 bits per heavy atom. The minimum atomic E-state index is 0.0489. The second kappa shape index (κ2) is 7.94. The van der Waals surface area contributed by atoms with Gasteiger partial charge in [0.2, 0.25) is 0 Å². The number of halogens is 1. The van der Waals surface area contributed by atoms with Crippen molar-refractivity contribution in [1.82, 2.24) is 9.80 Å². The normalized spacial score (nSPS) is 16.6. The van der Waals surface area contributed by atoms with Gasteiger partial charge in [0.05, 0.1) is 0 Å². The van der Waals surface area contributed by atoms with Crippen molar-refractivity contribution in [1.29, 1.82) is 0 Å². The number of carbonyl (C=O) groups excluding carboxylic acids is 1. The third-order valence-corrected chi connectivity index (χ3v) is 6.14. The highest BCUT2D eigenvalue weighted by atomic mass is 79.9.